The maximum Gasteiger partial charge on any atom is 0.293 e. The first-order valence-electron chi connectivity index (χ1n) is 10.3. The first-order chi connectivity index (χ1) is 15.0. The standard InChI is InChI=1S/C22H28N2O6S/c1-28-16-10-15(11-17(29-2)20(16)30-3)12-18-21(26)24(22(27)31-18)9-8-23-19(25)13-14-6-4-5-7-14/h10-12,14H,4-9,13H2,1-3H3,(H,23,25)/b18-12+. The van der Waals surface area contributed by atoms with Crippen LogP contribution in [0.25, 0.3) is 6.08 Å². The number of amides is 3. The number of nitrogens with zero attached hydrogens (tertiary/aromatic N) is 1. The third kappa shape index (κ3) is 5.52. The van der Waals surface area contributed by atoms with E-state index >= 15 is 0 Å². The van der Waals surface area contributed by atoms with Crippen molar-refractivity contribution in [2.75, 3.05) is 34.4 Å². The molecule has 3 amide bonds. The number of nitrogens with one attached hydrogen (secondary N) is 1. The zero-order valence-electron chi connectivity index (χ0n) is 18.1. The molecule has 0 radical (unpaired) electrons. The normalized spacial score (nSPS) is 18.0. The highest BCUT2D eigenvalue weighted by Crippen LogP contribution is 2.40. The van der Waals surface area contributed by atoms with Crippen molar-refractivity contribution in [2.24, 2.45) is 5.92 Å². The van der Waals surface area contributed by atoms with Crippen molar-refractivity contribution in [2.45, 2.75) is 32.1 Å². The topological polar surface area (TPSA) is 94.2 Å². The lowest BCUT2D eigenvalue weighted by atomic mass is 10.0. The van der Waals surface area contributed by atoms with Crippen molar-refractivity contribution in [3.05, 3.63) is 22.6 Å². The zero-order valence-corrected chi connectivity index (χ0v) is 18.9. The molecule has 168 valence electrons. The van der Waals surface area contributed by atoms with Crippen molar-refractivity contribution in [3.8, 4) is 17.2 Å². The van der Waals surface area contributed by atoms with Gasteiger partial charge in [0, 0.05) is 19.5 Å². The van der Waals surface area contributed by atoms with Crippen LogP contribution >= 0.6 is 11.8 Å². The lowest BCUT2D eigenvalue weighted by Crippen LogP contribution is -2.37. The molecule has 1 heterocycles. The highest BCUT2D eigenvalue weighted by Gasteiger charge is 2.35. The van der Waals surface area contributed by atoms with E-state index in [1.54, 1.807) is 18.2 Å². The summed E-state index contributed by atoms with van der Waals surface area (Å²) in [6.07, 6.45) is 6.71. The molecule has 1 aliphatic heterocycles. The number of carbonyl (C=O) groups is 3. The molecule has 2 fully saturated rings. The van der Waals surface area contributed by atoms with Gasteiger partial charge in [0.2, 0.25) is 11.7 Å². The number of thioether (sulfide) groups is 1. The van der Waals surface area contributed by atoms with Gasteiger partial charge in [-0.3, -0.25) is 19.3 Å². The third-order valence-corrected chi connectivity index (χ3v) is 6.37. The van der Waals surface area contributed by atoms with Crippen molar-refractivity contribution < 1.29 is 28.6 Å². The average molecular weight is 449 g/mol. The zero-order chi connectivity index (χ0) is 22.4. The van der Waals surface area contributed by atoms with Crippen LogP contribution in [0.15, 0.2) is 17.0 Å². The number of rotatable bonds is 9. The second-order valence-electron chi connectivity index (χ2n) is 7.50. The van der Waals surface area contributed by atoms with E-state index in [9.17, 15) is 14.4 Å². The third-order valence-electron chi connectivity index (χ3n) is 5.46. The van der Waals surface area contributed by atoms with E-state index in [2.05, 4.69) is 5.32 Å². The van der Waals surface area contributed by atoms with Crippen molar-refractivity contribution in [1.82, 2.24) is 10.2 Å². The van der Waals surface area contributed by atoms with Crippen LogP contribution in [0, 0.1) is 5.92 Å². The fourth-order valence-corrected chi connectivity index (χ4v) is 4.75. The van der Waals surface area contributed by atoms with Crippen LogP contribution in [0.1, 0.15) is 37.7 Å². The smallest absolute Gasteiger partial charge is 0.293 e. The number of ether oxygens (including phenoxy) is 3. The molecule has 0 spiro atoms. The Balaban J connectivity index is 1.63. The Bertz CT molecular complexity index is 854. The lowest BCUT2D eigenvalue weighted by Gasteiger charge is -2.14. The van der Waals surface area contributed by atoms with Gasteiger partial charge in [-0.2, -0.15) is 0 Å². The minimum Gasteiger partial charge on any atom is -0.493 e. The van der Waals surface area contributed by atoms with E-state index in [-0.39, 0.29) is 30.1 Å². The summed E-state index contributed by atoms with van der Waals surface area (Å²) in [6, 6.07) is 3.41. The Morgan fingerprint density at radius 1 is 1.13 bits per heavy atom. The van der Waals surface area contributed by atoms with Crippen LogP contribution in [0.4, 0.5) is 4.79 Å². The molecule has 1 aliphatic carbocycles. The molecule has 31 heavy (non-hydrogen) atoms. The van der Waals surface area contributed by atoms with Gasteiger partial charge in [-0.15, -0.1) is 0 Å². The molecular formula is C22H28N2O6S. The molecule has 1 aromatic rings. The van der Waals surface area contributed by atoms with Crippen molar-refractivity contribution >= 4 is 34.9 Å². The summed E-state index contributed by atoms with van der Waals surface area (Å²) in [4.78, 5) is 38.6. The summed E-state index contributed by atoms with van der Waals surface area (Å²) in [5.41, 5.74) is 0.643. The minimum atomic E-state index is -0.381. The predicted octanol–water partition coefficient (Wildman–Crippen LogP) is 3.45. The number of benzene rings is 1. The molecule has 1 N–H and O–H groups in total. The summed E-state index contributed by atoms with van der Waals surface area (Å²) < 4.78 is 16.0. The van der Waals surface area contributed by atoms with Gasteiger partial charge < -0.3 is 19.5 Å². The van der Waals surface area contributed by atoms with E-state index < -0.39 is 0 Å². The number of hydrogen-bond donors (Lipinski definition) is 1. The fraction of sp³-hybridized carbons (Fsp3) is 0.500. The molecule has 1 saturated carbocycles. The van der Waals surface area contributed by atoms with E-state index in [0.29, 0.717) is 40.1 Å². The molecule has 1 saturated heterocycles. The quantitative estimate of drug-likeness (QED) is 0.578. The van der Waals surface area contributed by atoms with Crippen molar-refractivity contribution in [1.29, 1.82) is 0 Å². The molecule has 0 aromatic heterocycles. The maximum absolute atomic E-state index is 12.7. The summed E-state index contributed by atoms with van der Waals surface area (Å²) >= 11 is 0.871. The SMILES string of the molecule is COc1cc(/C=C2/SC(=O)N(CCNC(=O)CC3CCCC3)C2=O)cc(OC)c1OC. The fourth-order valence-electron chi connectivity index (χ4n) is 3.88. The van der Waals surface area contributed by atoms with E-state index in [1.807, 2.05) is 0 Å². The summed E-state index contributed by atoms with van der Waals surface area (Å²) in [5.74, 6) is 1.41. The monoisotopic (exact) mass is 448 g/mol. The predicted molar refractivity (Wildman–Crippen MR) is 118 cm³/mol. The average Bonchev–Trinajstić information content (AvgIpc) is 3.36. The van der Waals surface area contributed by atoms with E-state index in [0.717, 1.165) is 29.5 Å². The van der Waals surface area contributed by atoms with Gasteiger partial charge in [0.1, 0.15) is 0 Å². The first kappa shape index (κ1) is 23.0. The number of carbonyl (C=O) groups excluding carboxylic acids is 3. The Kier molecular flexibility index (Phi) is 7.84. The molecular weight excluding hydrogens is 420 g/mol. The van der Waals surface area contributed by atoms with E-state index in [1.165, 1.54) is 34.2 Å². The van der Waals surface area contributed by atoms with Crippen molar-refractivity contribution in [3.63, 3.8) is 0 Å². The number of hydrogen-bond acceptors (Lipinski definition) is 7. The van der Waals surface area contributed by atoms with Gasteiger partial charge >= 0.3 is 0 Å². The molecule has 1 aromatic carbocycles. The summed E-state index contributed by atoms with van der Waals surface area (Å²) in [6.45, 7) is 0.398. The van der Waals surface area contributed by atoms with E-state index in [4.69, 9.17) is 14.2 Å². The van der Waals surface area contributed by atoms with Crippen LogP contribution in [-0.2, 0) is 9.59 Å². The minimum absolute atomic E-state index is 0.0214. The van der Waals surface area contributed by atoms with Gasteiger partial charge in [0.05, 0.1) is 26.2 Å². The Labute approximate surface area is 186 Å². The maximum atomic E-state index is 12.7. The van der Waals surface area contributed by atoms with Gasteiger partial charge in [-0.05, 0) is 54.3 Å². The Morgan fingerprint density at radius 3 is 2.35 bits per heavy atom. The molecule has 0 atom stereocenters. The molecule has 2 aliphatic rings. The van der Waals surface area contributed by atoms with Gasteiger partial charge in [0.25, 0.3) is 11.1 Å². The molecule has 0 unspecified atom stereocenters. The first-order valence-corrected chi connectivity index (χ1v) is 11.1. The molecule has 9 heteroatoms. The van der Waals surface area contributed by atoms with Crippen LogP contribution in [0.3, 0.4) is 0 Å². The van der Waals surface area contributed by atoms with Crippen LogP contribution < -0.4 is 19.5 Å². The second kappa shape index (κ2) is 10.6. The number of methoxy groups -OCH3 is 3. The Morgan fingerprint density at radius 2 is 1.77 bits per heavy atom. The molecule has 0 bridgehead atoms. The van der Waals surface area contributed by atoms with Crippen LogP contribution in [0.5, 0.6) is 17.2 Å². The largest absolute Gasteiger partial charge is 0.493 e. The summed E-state index contributed by atoms with van der Waals surface area (Å²) in [5, 5.41) is 2.47. The summed E-state index contributed by atoms with van der Waals surface area (Å²) in [7, 11) is 4.53. The van der Waals surface area contributed by atoms with Crippen LogP contribution in [0.2, 0.25) is 0 Å². The molecule has 8 nitrogen and oxygen atoms in total. The number of imide groups is 1. The van der Waals surface area contributed by atoms with Gasteiger partial charge in [0.15, 0.2) is 11.5 Å². The van der Waals surface area contributed by atoms with Gasteiger partial charge in [-0.25, -0.2) is 0 Å². The van der Waals surface area contributed by atoms with Gasteiger partial charge in [-0.1, -0.05) is 12.8 Å². The van der Waals surface area contributed by atoms with Crippen LogP contribution in [-0.4, -0.2) is 56.4 Å². The molecule has 3 rings (SSSR count). The second-order valence-corrected chi connectivity index (χ2v) is 8.49. The highest BCUT2D eigenvalue weighted by atomic mass is 32.2. The Hall–Kier alpha value is -2.68. The highest BCUT2D eigenvalue weighted by molar-refractivity contribution is 8.18. The lowest BCUT2D eigenvalue weighted by molar-refractivity contribution is -0.124.